The predicted molar refractivity (Wildman–Crippen MR) is 111 cm³/mol. The van der Waals surface area contributed by atoms with Gasteiger partial charge in [0.1, 0.15) is 27.8 Å². The van der Waals surface area contributed by atoms with Gasteiger partial charge in [0.2, 0.25) is 10.0 Å². The molecule has 0 atom stereocenters. The highest BCUT2D eigenvalue weighted by Gasteiger charge is 2.30. The van der Waals surface area contributed by atoms with E-state index in [0.717, 1.165) is 25.3 Å². The highest BCUT2D eigenvalue weighted by Crippen LogP contribution is 2.42. The molecule has 0 amide bonds. The molecule has 2 aromatic carbocycles. The number of sulfonamides is 1. The Morgan fingerprint density at radius 1 is 1.03 bits per heavy atom. The number of aromatic nitrogens is 2. The summed E-state index contributed by atoms with van der Waals surface area (Å²) in [5.74, 6) is -0.237. The summed E-state index contributed by atoms with van der Waals surface area (Å²) < 4.78 is 33.3. The molecule has 0 bridgehead atoms. The summed E-state index contributed by atoms with van der Waals surface area (Å²) in [7, 11) is -3.93. The zero-order chi connectivity index (χ0) is 21.3. The Bertz CT molecular complexity index is 1170. The standard InChI is InChI=1S/C20H20ClN3O5S/c21-14-6-2-3-7-17(14)29-18-12-22-23-20(18)13-10-19(16(26)11-15(13)25)30(27,28)24-8-4-1-5-9-24/h2-3,6-7,10-12,25-26H,1,4-5,8-9H2,(H,22,23). The lowest BCUT2D eigenvalue weighted by atomic mass is 10.1. The third-order valence-electron chi connectivity index (χ3n) is 4.93. The molecule has 8 nitrogen and oxygen atoms in total. The number of ether oxygens (including phenoxy) is 1. The number of phenols is 2. The minimum absolute atomic E-state index is 0.103. The van der Waals surface area contributed by atoms with E-state index >= 15 is 0 Å². The van der Waals surface area contributed by atoms with Crippen LogP contribution < -0.4 is 4.74 Å². The summed E-state index contributed by atoms with van der Waals surface area (Å²) in [4.78, 5) is -0.288. The fraction of sp³-hybridized carbons (Fsp3) is 0.250. The van der Waals surface area contributed by atoms with Crippen LogP contribution in [0.4, 0.5) is 0 Å². The van der Waals surface area contributed by atoms with Gasteiger partial charge in [0, 0.05) is 24.7 Å². The molecule has 1 aliphatic rings. The number of H-pyrrole nitrogens is 1. The van der Waals surface area contributed by atoms with Gasteiger partial charge in [0.15, 0.2) is 5.75 Å². The van der Waals surface area contributed by atoms with Gasteiger partial charge in [0.25, 0.3) is 0 Å². The molecule has 30 heavy (non-hydrogen) atoms. The van der Waals surface area contributed by atoms with Crippen LogP contribution >= 0.6 is 11.6 Å². The molecule has 0 aliphatic carbocycles. The first-order chi connectivity index (χ1) is 14.4. The minimum atomic E-state index is -3.93. The topological polar surface area (TPSA) is 116 Å². The van der Waals surface area contributed by atoms with E-state index in [9.17, 15) is 18.6 Å². The molecule has 2 heterocycles. The molecule has 0 unspecified atom stereocenters. The molecule has 3 aromatic rings. The number of nitrogens with zero attached hydrogens (tertiary/aromatic N) is 2. The van der Waals surface area contributed by atoms with E-state index < -0.39 is 15.8 Å². The van der Waals surface area contributed by atoms with Crippen molar-refractivity contribution in [3.05, 3.63) is 47.6 Å². The molecule has 1 fully saturated rings. The fourth-order valence-electron chi connectivity index (χ4n) is 3.39. The van der Waals surface area contributed by atoms with Crippen LogP contribution in [0.2, 0.25) is 5.02 Å². The van der Waals surface area contributed by atoms with Crippen molar-refractivity contribution in [2.75, 3.05) is 13.1 Å². The average molecular weight is 450 g/mol. The number of aromatic hydroxyl groups is 2. The monoisotopic (exact) mass is 449 g/mol. The van der Waals surface area contributed by atoms with Gasteiger partial charge >= 0.3 is 0 Å². The summed E-state index contributed by atoms with van der Waals surface area (Å²) in [6, 6.07) is 9.06. The third kappa shape index (κ3) is 3.83. The van der Waals surface area contributed by atoms with Crippen molar-refractivity contribution in [3.63, 3.8) is 0 Å². The summed E-state index contributed by atoms with van der Waals surface area (Å²) in [5, 5.41) is 27.8. The number of hydrogen-bond acceptors (Lipinski definition) is 6. The minimum Gasteiger partial charge on any atom is -0.507 e. The maximum Gasteiger partial charge on any atom is 0.246 e. The van der Waals surface area contributed by atoms with Crippen LogP contribution in [0, 0.1) is 0 Å². The maximum atomic E-state index is 13.1. The second-order valence-electron chi connectivity index (χ2n) is 6.93. The van der Waals surface area contributed by atoms with Crippen LogP contribution in [-0.4, -0.2) is 46.2 Å². The molecular formula is C20H20ClN3O5S. The third-order valence-corrected chi connectivity index (χ3v) is 7.17. The lowest BCUT2D eigenvalue weighted by molar-refractivity contribution is 0.344. The van der Waals surface area contributed by atoms with Crippen molar-refractivity contribution >= 4 is 21.6 Å². The number of rotatable bonds is 5. The molecule has 1 aromatic heterocycles. The van der Waals surface area contributed by atoms with Crippen LogP contribution in [0.3, 0.4) is 0 Å². The van der Waals surface area contributed by atoms with Crippen molar-refractivity contribution in [3.8, 4) is 34.3 Å². The highest BCUT2D eigenvalue weighted by molar-refractivity contribution is 7.89. The quantitative estimate of drug-likeness (QED) is 0.539. The number of phenolic OH excluding ortho intramolecular Hbond substituents is 2. The lowest BCUT2D eigenvalue weighted by Gasteiger charge is -2.26. The molecule has 1 aliphatic heterocycles. The van der Waals surface area contributed by atoms with Gasteiger partial charge in [-0.25, -0.2) is 8.42 Å². The van der Waals surface area contributed by atoms with E-state index in [1.54, 1.807) is 24.3 Å². The SMILES string of the molecule is O=S(=O)(c1cc(-c2n[nH]cc2Oc2ccccc2Cl)c(O)cc1O)N1CCCCC1. The predicted octanol–water partition coefficient (Wildman–Crippen LogP) is 4.11. The van der Waals surface area contributed by atoms with Crippen molar-refractivity contribution in [1.29, 1.82) is 0 Å². The summed E-state index contributed by atoms with van der Waals surface area (Å²) in [6.45, 7) is 0.780. The van der Waals surface area contributed by atoms with Crippen molar-refractivity contribution in [2.24, 2.45) is 0 Å². The Kier molecular flexibility index (Phi) is 5.59. The Labute approximate surface area is 178 Å². The normalized spacial score (nSPS) is 15.2. The van der Waals surface area contributed by atoms with Crippen LogP contribution in [0.1, 0.15) is 19.3 Å². The van der Waals surface area contributed by atoms with Crippen LogP contribution in [0.25, 0.3) is 11.3 Å². The molecule has 0 spiro atoms. The molecular weight excluding hydrogens is 430 g/mol. The number of para-hydroxylation sites is 1. The van der Waals surface area contributed by atoms with E-state index in [4.69, 9.17) is 16.3 Å². The van der Waals surface area contributed by atoms with Gasteiger partial charge in [-0.3, -0.25) is 5.10 Å². The number of nitrogens with one attached hydrogen (secondary N) is 1. The van der Waals surface area contributed by atoms with Gasteiger partial charge < -0.3 is 14.9 Å². The van der Waals surface area contributed by atoms with E-state index in [2.05, 4.69) is 10.2 Å². The summed E-state index contributed by atoms with van der Waals surface area (Å²) in [6.07, 6.45) is 3.96. The largest absolute Gasteiger partial charge is 0.507 e. The maximum absolute atomic E-state index is 13.1. The molecule has 4 rings (SSSR count). The molecule has 0 radical (unpaired) electrons. The second kappa shape index (κ2) is 8.17. The molecule has 3 N–H and O–H groups in total. The van der Waals surface area contributed by atoms with Crippen molar-refractivity contribution < 1.29 is 23.4 Å². The Morgan fingerprint density at radius 2 is 1.77 bits per heavy atom. The smallest absolute Gasteiger partial charge is 0.246 e. The van der Waals surface area contributed by atoms with Crippen molar-refractivity contribution in [1.82, 2.24) is 14.5 Å². The van der Waals surface area contributed by atoms with Crippen LogP contribution in [-0.2, 0) is 10.0 Å². The van der Waals surface area contributed by atoms with E-state index in [1.807, 2.05) is 0 Å². The van der Waals surface area contributed by atoms with Gasteiger partial charge in [-0.05, 0) is 31.0 Å². The first kappa shape index (κ1) is 20.5. The van der Waals surface area contributed by atoms with Crippen molar-refractivity contribution in [2.45, 2.75) is 24.2 Å². The summed E-state index contributed by atoms with van der Waals surface area (Å²) in [5.41, 5.74) is 0.286. The first-order valence-corrected chi connectivity index (χ1v) is 11.2. The number of piperidine rings is 1. The second-order valence-corrected chi connectivity index (χ2v) is 9.25. The Balaban J connectivity index is 1.75. The molecule has 158 valence electrons. The Morgan fingerprint density at radius 3 is 2.50 bits per heavy atom. The van der Waals surface area contributed by atoms with E-state index in [1.165, 1.54) is 16.6 Å². The molecule has 1 saturated heterocycles. The Hall–Kier alpha value is -2.75. The van der Waals surface area contributed by atoms with Gasteiger partial charge in [0.05, 0.1) is 11.2 Å². The number of aromatic amines is 1. The summed E-state index contributed by atoms with van der Waals surface area (Å²) >= 11 is 6.14. The lowest BCUT2D eigenvalue weighted by Crippen LogP contribution is -2.35. The number of hydrogen-bond donors (Lipinski definition) is 3. The highest BCUT2D eigenvalue weighted by atomic mass is 35.5. The fourth-order valence-corrected chi connectivity index (χ4v) is 5.17. The van der Waals surface area contributed by atoms with Gasteiger partial charge in [-0.2, -0.15) is 9.40 Å². The van der Waals surface area contributed by atoms with E-state index in [-0.39, 0.29) is 27.7 Å². The van der Waals surface area contributed by atoms with Gasteiger partial charge in [-0.15, -0.1) is 0 Å². The zero-order valence-electron chi connectivity index (χ0n) is 15.9. The zero-order valence-corrected chi connectivity index (χ0v) is 17.4. The number of halogens is 1. The molecule has 10 heteroatoms. The average Bonchev–Trinajstić information content (AvgIpc) is 3.18. The van der Waals surface area contributed by atoms with Crippen LogP contribution in [0.5, 0.6) is 23.0 Å². The van der Waals surface area contributed by atoms with E-state index in [0.29, 0.717) is 23.9 Å². The number of benzene rings is 2. The van der Waals surface area contributed by atoms with Crippen LogP contribution in [0.15, 0.2) is 47.5 Å². The molecule has 0 saturated carbocycles. The van der Waals surface area contributed by atoms with Gasteiger partial charge in [-0.1, -0.05) is 30.2 Å². The first-order valence-electron chi connectivity index (χ1n) is 9.40.